The number of aromatic hydroxyl groups is 1. The van der Waals surface area contributed by atoms with E-state index in [1.165, 1.54) is 0 Å². The number of benzene rings is 1. The Labute approximate surface area is 123 Å². The molecule has 0 bridgehead atoms. The molecular weight excluding hydrogens is 262 g/mol. The van der Waals surface area contributed by atoms with E-state index in [1.54, 1.807) is 12.1 Å². The molecule has 0 spiro atoms. The molecule has 0 radical (unpaired) electrons. The predicted octanol–water partition coefficient (Wildman–Crippen LogP) is 3.47. The molecule has 0 fully saturated rings. The molecule has 2 heterocycles. The maximum atomic E-state index is 9.45. The summed E-state index contributed by atoms with van der Waals surface area (Å²) in [6, 6.07) is 13.3. The lowest BCUT2D eigenvalue weighted by Gasteiger charge is -2.10. The number of aryl methyl sites for hydroxylation is 3. The van der Waals surface area contributed by atoms with Gasteiger partial charge in [-0.05, 0) is 43.7 Å². The molecule has 1 aromatic carbocycles. The van der Waals surface area contributed by atoms with E-state index in [4.69, 9.17) is 4.98 Å². The highest BCUT2D eigenvalue weighted by Crippen LogP contribution is 2.31. The van der Waals surface area contributed by atoms with Crippen molar-refractivity contribution in [1.29, 1.82) is 0 Å². The average molecular weight is 279 g/mol. The zero-order valence-corrected chi connectivity index (χ0v) is 12.3. The highest BCUT2D eigenvalue weighted by Gasteiger charge is 2.13. The Kier molecular flexibility index (Phi) is 3.22. The summed E-state index contributed by atoms with van der Waals surface area (Å²) in [6.07, 6.45) is 0. The molecule has 3 aromatic rings. The number of phenols is 1. The number of rotatable bonds is 2. The van der Waals surface area contributed by atoms with E-state index in [9.17, 15) is 5.11 Å². The molecule has 21 heavy (non-hydrogen) atoms. The first-order valence-corrected chi connectivity index (χ1v) is 6.82. The first-order chi connectivity index (χ1) is 10.0. The highest BCUT2D eigenvalue weighted by atomic mass is 16.3. The van der Waals surface area contributed by atoms with E-state index < -0.39 is 0 Å². The van der Waals surface area contributed by atoms with Crippen molar-refractivity contribution < 1.29 is 5.11 Å². The zero-order valence-electron chi connectivity index (χ0n) is 12.3. The summed E-state index contributed by atoms with van der Waals surface area (Å²) in [7, 11) is 1.92. The van der Waals surface area contributed by atoms with E-state index in [0.29, 0.717) is 0 Å². The summed E-state index contributed by atoms with van der Waals surface area (Å²) < 4.78 is 1.85. The third kappa shape index (κ3) is 2.52. The van der Waals surface area contributed by atoms with Crippen LogP contribution in [0, 0.1) is 13.8 Å². The van der Waals surface area contributed by atoms with E-state index in [0.717, 1.165) is 33.9 Å². The molecule has 106 valence electrons. The molecule has 2 aromatic heterocycles. The van der Waals surface area contributed by atoms with Crippen LogP contribution in [-0.2, 0) is 7.05 Å². The fourth-order valence-corrected chi connectivity index (χ4v) is 2.46. The van der Waals surface area contributed by atoms with Gasteiger partial charge in [-0.1, -0.05) is 18.2 Å². The standard InChI is InChI=1S/C17H17N3O/c1-11-4-9-15(13-5-7-14(21)8-6-13)17(18-11)16-10-12(2)19-20(16)3/h4-10,21H,1-3H3. The van der Waals surface area contributed by atoms with Crippen molar-refractivity contribution in [3.05, 3.63) is 53.9 Å². The van der Waals surface area contributed by atoms with Gasteiger partial charge in [0.2, 0.25) is 0 Å². The summed E-state index contributed by atoms with van der Waals surface area (Å²) in [5.41, 5.74) is 5.87. The van der Waals surface area contributed by atoms with Gasteiger partial charge in [0, 0.05) is 18.3 Å². The van der Waals surface area contributed by atoms with Gasteiger partial charge in [-0.2, -0.15) is 5.10 Å². The lowest BCUT2D eigenvalue weighted by molar-refractivity contribution is 0.475. The number of phenolic OH excluding ortho intramolecular Hbond substituents is 1. The van der Waals surface area contributed by atoms with Crippen LogP contribution >= 0.6 is 0 Å². The highest BCUT2D eigenvalue weighted by molar-refractivity contribution is 5.79. The van der Waals surface area contributed by atoms with E-state index >= 15 is 0 Å². The monoisotopic (exact) mass is 279 g/mol. The molecule has 0 saturated carbocycles. The Bertz CT molecular complexity index is 788. The van der Waals surface area contributed by atoms with E-state index in [2.05, 4.69) is 11.2 Å². The minimum Gasteiger partial charge on any atom is -0.508 e. The van der Waals surface area contributed by atoms with Crippen LogP contribution < -0.4 is 0 Å². The van der Waals surface area contributed by atoms with Crippen LogP contribution in [0.2, 0.25) is 0 Å². The maximum absolute atomic E-state index is 9.45. The van der Waals surface area contributed by atoms with Crippen LogP contribution in [0.25, 0.3) is 22.5 Å². The lowest BCUT2D eigenvalue weighted by atomic mass is 10.0. The van der Waals surface area contributed by atoms with Crippen molar-refractivity contribution in [3.63, 3.8) is 0 Å². The minimum atomic E-state index is 0.261. The van der Waals surface area contributed by atoms with Crippen LogP contribution in [0.3, 0.4) is 0 Å². The molecule has 4 nitrogen and oxygen atoms in total. The van der Waals surface area contributed by atoms with Gasteiger partial charge in [-0.3, -0.25) is 9.67 Å². The van der Waals surface area contributed by atoms with Crippen LogP contribution in [0.15, 0.2) is 42.5 Å². The number of hydrogen-bond acceptors (Lipinski definition) is 3. The summed E-state index contributed by atoms with van der Waals surface area (Å²) in [5.74, 6) is 0.261. The molecule has 0 unspecified atom stereocenters. The van der Waals surface area contributed by atoms with Gasteiger partial charge in [-0.25, -0.2) is 0 Å². The second-order valence-corrected chi connectivity index (χ2v) is 5.19. The molecule has 3 rings (SSSR count). The number of aromatic nitrogens is 3. The fourth-order valence-electron chi connectivity index (χ4n) is 2.46. The first kappa shape index (κ1) is 13.4. The Morgan fingerprint density at radius 1 is 0.952 bits per heavy atom. The molecule has 0 aliphatic rings. The summed E-state index contributed by atoms with van der Waals surface area (Å²) in [4.78, 5) is 4.69. The number of pyridine rings is 1. The van der Waals surface area contributed by atoms with Crippen molar-refractivity contribution in [1.82, 2.24) is 14.8 Å². The summed E-state index contributed by atoms with van der Waals surface area (Å²) in [6.45, 7) is 3.95. The molecule has 1 N–H and O–H groups in total. The lowest BCUT2D eigenvalue weighted by Crippen LogP contribution is -1.98. The van der Waals surface area contributed by atoms with Crippen LogP contribution in [-0.4, -0.2) is 19.9 Å². The topological polar surface area (TPSA) is 50.9 Å². The van der Waals surface area contributed by atoms with Gasteiger partial charge in [0.25, 0.3) is 0 Å². The van der Waals surface area contributed by atoms with Gasteiger partial charge in [-0.15, -0.1) is 0 Å². The molecule has 0 atom stereocenters. The Morgan fingerprint density at radius 2 is 1.67 bits per heavy atom. The minimum absolute atomic E-state index is 0.261. The second kappa shape index (κ2) is 5.05. The Hall–Kier alpha value is -2.62. The number of hydrogen-bond donors (Lipinski definition) is 1. The van der Waals surface area contributed by atoms with Crippen LogP contribution in [0.1, 0.15) is 11.4 Å². The molecule has 0 amide bonds. The zero-order chi connectivity index (χ0) is 15.0. The van der Waals surface area contributed by atoms with Crippen molar-refractivity contribution in [2.75, 3.05) is 0 Å². The molecule has 0 aliphatic carbocycles. The normalized spacial score (nSPS) is 10.8. The summed E-state index contributed by atoms with van der Waals surface area (Å²) in [5, 5.41) is 13.9. The molecule has 0 aliphatic heterocycles. The van der Waals surface area contributed by atoms with Crippen molar-refractivity contribution >= 4 is 0 Å². The molecular formula is C17H17N3O. The van der Waals surface area contributed by atoms with Gasteiger partial charge in [0.15, 0.2) is 0 Å². The van der Waals surface area contributed by atoms with Crippen LogP contribution in [0.4, 0.5) is 0 Å². The van der Waals surface area contributed by atoms with Gasteiger partial charge < -0.3 is 5.11 Å². The Balaban J connectivity index is 2.22. The van der Waals surface area contributed by atoms with Gasteiger partial charge >= 0.3 is 0 Å². The fraction of sp³-hybridized carbons (Fsp3) is 0.176. The molecule has 4 heteroatoms. The van der Waals surface area contributed by atoms with Gasteiger partial charge in [0.05, 0.1) is 17.1 Å². The average Bonchev–Trinajstić information content (AvgIpc) is 2.79. The van der Waals surface area contributed by atoms with Crippen molar-refractivity contribution in [3.8, 4) is 28.3 Å². The van der Waals surface area contributed by atoms with E-state index in [1.807, 2.05) is 49.8 Å². The van der Waals surface area contributed by atoms with E-state index in [-0.39, 0.29) is 5.75 Å². The SMILES string of the molecule is Cc1ccc(-c2ccc(O)cc2)c(-c2cc(C)nn2C)n1. The number of nitrogens with zero attached hydrogens (tertiary/aromatic N) is 3. The third-order valence-electron chi connectivity index (χ3n) is 3.46. The quantitative estimate of drug-likeness (QED) is 0.781. The largest absolute Gasteiger partial charge is 0.508 e. The first-order valence-electron chi connectivity index (χ1n) is 6.82. The second-order valence-electron chi connectivity index (χ2n) is 5.19. The van der Waals surface area contributed by atoms with Crippen molar-refractivity contribution in [2.24, 2.45) is 7.05 Å². The van der Waals surface area contributed by atoms with Crippen molar-refractivity contribution in [2.45, 2.75) is 13.8 Å². The predicted molar refractivity (Wildman–Crippen MR) is 83.0 cm³/mol. The Morgan fingerprint density at radius 3 is 2.29 bits per heavy atom. The van der Waals surface area contributed by atoms with Gasteiger partial charge in [0.1, 0.15) is 5.75 Å². The third-order valence-corrected chi connectivity index (χ3v) is 3.46. The molecule has 0 saturated heterocycles. The van der Waals surface area contributed by atoms with Crippen LogP contribution in [0.5, 0.6) is 5.75 Å². The smallest absolute Gasteiger partial charge is 0.115 e. The summed E-state index contributed by atoms with van der Waals surface area (Å²) >= 11 is 0. The maximum Gasteiger partial charge on any atom is 0.115 e.